The summed E-state index contributed by atoms with van der Waals surface area (Å²) in [6, 6.07) is 12.6. The van der Waals surface area contributed by atoms with Crippen molar-refractivity contribution >= 4 is 0 Å². The van der Waals surface area contributed by atoms with E-state index in [1.54, 1.807) is 13.4 Å². The van der Waals surface area contributed by atoms with Crippen LogP contribution in [0.1, 0.15) is 30.7 Å². The SMILES string of the molecule is CCNC(CCc1ccco1)c1ccc(OC)cc1. The van der Waals surface area contributed by atoms with Gasteiger partial charge < -0.3 is 14.5 Å². The van der Waals surface area contributed by atoms with Gasteiger partial charge >= 0.3 is 0 Å². The summed E-state index contributed by atoms with van der Waals surface area (Å²) in [6.45, 7) is 3.08. The number of furan rings is 1. The van der Waals surface area contributed by atoms with Crippen molar-refractivity contribution < 1.29 is 9.15 Å². The number of benzene rings is 1. The van der Waals surface area contributed by atoms with Crippen molar-refractivity contribution in [3.63, 3.8) is 0 Å². The summed E-state index contributed by atoms with van der Waals surface area (Å²) < 4.78 is 10.6. The van der Waals surface area contributed by atoms with E-state index in [4.69, 9.17) is 9.15 Å². The Bertz CT molecular complexity index is 462. The van der Waals surface area contributed by atoms with Crippen molar-refractivity contribution in [2.45, 2.75) is 25.8 Å². The second-order valence-corrected chi connectivity index (χ2v) is 4.50. The molecule has 19 heavy (non-hydrogen) atoms. The fraction of sp³-hybridized carbons (Fsp3) is 0.375. The second kappa shape index (κ2) is 7.00. The van der Waals surface area contributed by atoms with E-state index in [0.29, 0.717) is 6.04 Å². The Morgan fingerprint density at radius 3 is 2.58 bits per heavy atom. The molecule has 1 N–H and O–H groups in total. The molecule has 0 saturated heterocycles. The number of nitrogens with one attached hydrogen (secondary N) is 1. The molecule has 3 nitrogen and oxygen atoms in total. The lowest BCUT2D eigenvalue weighted by molar-refractivity contribution is 0.414. The third kappa shape index (κ3) is 3.86. The first-order chi connectivity index (χ1) is 9.33. The maximum Gasteiger partial charge on any atom is 0.118 e. The van der Waals surface area contributed by atoms with E-state index >= 15 is 0 Å². The van der Waals surface area contributed by atoms with Crippen LogP contribution in [0, 0.1) is 0 Å². The highest BCUT2D eigenvalue weighted by atomic mass is 16.5. The second-order valence-electron chi connectivity index (χ2n) is 4.50. The number of methoxy groups -OCH3 is 1. The Morgan fingerprint density at radius 1 is 1.21 bits per heavy atom. The molecule has 0 amide bonds. The van der Waals surface area contributed by atoms with Crippen LogP contribution in [0.3, 0.4) is 0 Å². The van der Waals surface area contributed by atoms with Gasteiger partial charge in [0.25, 0.3) is 0 Å². The van der Waals surface area contributed by atoms with Crippen molar-refractivity contribution in [2.24, 2.45) is 0 Å². The third-order valence-corrected chi connectivity index (χ3v) is 3.23. The quantitative estimate of drug-likeness (QED) is 0.825. The molecule has 1 unspecified atom stereocenters. The van der Waals surface area contributed by atoms with Crippen molar-refractivity contribution in [1.82, 2.24) is 5.32 Å². The van der Waals surface area contributed by atoms with Crippen LogP contribution in [-0.4, -0.2) is 13.7 Å². The van der Waals surface area contributed by atoms with E-state index in [1.807, 2.05) is 24.3 Å². The number of hydrogen-bond donors (Lipinski definition) is 1. The molecule has 1 aromatic heterocycles. The number of hydrogen-bond acceptors (Lipinski definition) is 3. The molecule has 0 aliphatic rings. The molecule has 0 aliphatic carbocycles. The predicted molar refractivity (Wildman–Crippen MR) is 76.4 cm³/mol. The largest absolute Gasteiger partial charge is 0.497 e. The molecule has 2 aromatic rings. The first kappa shape index (κ1) is 13.7. The monoisotopic (exact) mass is 259 g/mol. The van der Waals surface area contributed by atoms with Gasteiger partial charge in [0, 0.05) is 12.5 Å². The van der Waals surface area contributed by atoms with Crippen molar-refractivity contribution in [3.05, 3.63) is 54.0 Å². The van der Waals surface area contributed by atoms with Crippen LogP contribution in [-0.2, 0) is 6.42 Å². The molecule has 2 rings (SSSR count). The van der Waals surface area contributed by atoms with Gasteiger partial charge in [-0.1, -0.05) is 19.1 Å². The third-order valence-electron chi connectivity index (χ3n) is 3.23. The van der Waals surface area contributed by atoms with Crippen LogP contribution < -0.4 is 10.1 Å². The van der Waals surface area contributed by atoms with Gasteiger partial charge in [-0.15, -0.1) is 0 Å². The van der Waals surface area contributed by atoms with E-state index in [-0.39, 0.29) is 0 Å². The Kier molecular flexibility index (Phi) is 5.04. The summed E-state index contributed by atoms with van der Waals surface area (Å²) in [5.74, 6) is 1.93. The number of rotatable bonds is 7. The average Bonchev–Trinajstić information content (AvgIpc) is 2.97. The highest BCUT2D eigenvalue weighted by molar-refractivity contribution is 5.29. The molecule has 0 bridgehead atoms. The summed E-state index contributed by atoms with van der Waals surface area (Å²) >= 11 is 0. The van der Waals surface area contributed by atoms with E-state index < -0.39 is 0 Å². The lowest BCUT2D eigenvalue weighted by atomic mass is 10.0. The fourth-order valence-corrected chi connectivity index (χ4v) is 2.21. The molecule has 0 fully saturated rings. The van der Waals surface area contributed by atoms with Gasteiger partial charge in [-0.05, 0) is 42.8 Å². The topological polar surface area (TPSA) is 34.4 Å². The zero-order chi connectivity index (χ0) is 13.5. The zero-order valence-corrected chi connectivity index (χ0v) is 11.6. The van der Waals surface area contributed by atoms with Gasteiger partial charge in [0.15, 0.2) is 0 Å². The Labute approximate surface area is 114 Å². The van der Waals surface area contributed by atoms with Crippen molar-refractivity contribution in [3.8, 4) is 5.75 Å². The number of aryl methyl sites for hydroxylation is 1. The Hall–Kier alpha value is -1.74. The molecule has 0 saturated carbocycles. The van der Waals surface area contributed by atoms with E-state index in [2.05, 4.69) is 24.4 Å². The number of ether oxygens (including phenoxy) is 1. The van der Waals surface area contributed by atoms with Gasteiger partial charge in [0.2, 0.25) is 0 Å². The lowest BCUT2D eigenvalue weighted by Crippen LogP contribution is -2.21. The maximum absolute atomic E-state index is 5.39. The van der Waals surface area contributed by atoms with Gasteiger partial charge in [-0.25, -0.2) is 0 Å². The summed E-state index contributed by atoms with van der Waals surface area (Å²) in [4.78, 5) is 0. The Morgan fingerprint density at radius 2 is 2.00 bits per heavy atom. The lowest BCUT2D eigenvalue weighted by Gasteiger charge is -2.18. The molecule has 0 spiro atoms. The molecular weight excluding hydrogens is 238 g/mol. The summed E-state index contributed by atoms with van der Waals surface area (Å²) in [6.07, 6.45) is 3.69. The maximum atomic E-state index is 5.39. The van der Waals surface area contributed by atoms with Gasteiger partial charge in [-0.3, -0.25) is 0 Å². The van der Waals surface area contributed by atoms with Crippen LogP contribution >= 0.6 is 0 Å². The van der Waals surface area contributed by atoms with Gasteiger partial charge in [-0.2, -0.15) is 0 Å². The van der Waals surface area contributed by atoms with Crippen LogP contribution in [0.2, 0.25) is 0 Å². The van der Waals surface area contributed by atoms with Gasteiger partial charge in [0.05, 0.1) is 13.4 Å². The summed E-state index contributed by atoms with van der Waals surface area (Å²) in [7, 11) is 1.69. The normalized spacial score (nSPS) is 12.3. The minimum Gasteiger partial charge on any atom is -0.497 e. The van der Waals surface area contributed by atoms with Crippen LogP contribution in [0.15, 0.2) is 47.1 Å². The molecule has 1 atom stereocenters. The van der Waals surface area contributed by atoms with Crippen molar-refractivity contribution in [2.75, 3.05) is 13.7 Å². The highest BCUT2D eigenvalue weighted by Gasteiger charge is 2.11. The minimum absolute atomic E-state index is 0.348. The molecule has 3 heteroatoms. The van der Waals surface area contributed by atoms with E-state index in [1.165, 1.54) is 5.56 Å². The zero-order valence-electron chi connectivity index (χ0n) is 11.6. The highest BCUT2D eigenvalue weighted by Crippen LogP contribution is 2.22. The van der Waals surface area contributed by atoms with Gasteiger partial charge in [0.1, 0.15) is 11.5 Å². The Balaban J connectivity index is 2.01. The predicted octanol–water partition coefficient (Wildman–Crippen LogP) is 3.57. The van der Waals surface area contributed by atoms with Crippen LogP contribution in [0.25, 0.3) is 0 Å². The first-order valence-corrected chi connectivity index (χ1v) is 6.73. The minimum atomic E-state index is 0.348. The molecule has 1 aromatic carbocycles. The van der Waals surface area contributed by atoms with E-state index in [0.717, 1.165) is 30.9 Å². The summed E-state index contributed by atoms with van der Waals surface area (Å²) in [5.41, 5.74) is 1.29. The summed E-state index contributed by atoms with van der Waals surface area (Å²) in [5, 5.41) is 3.52. The van der Waals surface area contributed by atoms with Crippen LogP contribution in [0.5, 0.6) is 5.75 Å². The first-order valence-electron chi connectivity index (χ1n) is 6.73. The van der Waals surface area contributed by atoms with Crippen molar-refractivity contribution in [1.29, 1.82) is 0 Å². The van der Waals surface area contributed by atoms with E-state index in [9.17, 15) is 0 Å². The molecule has 0 radical (unpaired) electrons. The smallest absolute Gasteiger partial charge is 0.118 e. The fourth-order valence-electron chi connectivity index (χ4n) is 2.21. The molecule has 102 valence electrons. The molecule has 0 aliphatic heterocycles. The average molecular weight is 259 g/mol. The van der Waals surface area contributed by atoms with Crippen LogP contribution in [0.4, 0.5) is 0 Å². The molecule has 1 heterocycles. The molecular formula is C16H21NO2. The standard InChI is InChI=1S/C16H21NO2/c1-3-17-16(11-10-15-5-4-12-19-15)13-6-8-14(18-2)9-7-13/h4-9,12,16-17H,3,10-11H2,1-2H3.